The SMILES string of the molecule is CC(C)(C)C1CCC(c2cnc(CCCCl)o2)CC1. The number of hydrogen-bond donors (Lipinski definition) is 0. The molecule has 1 fully saturated rings. The number of halogens is 1. The Morgan fingerprint density at radius 1 is 1.26 bits per heavy atom. The molecular formula is C16H26ClNO. The first-order chi connectivity index (χ1) is 9.00. The van der Waals surface area contributed by atoms with Gasteiger partial charge in [-0.1, -0.05) is 20.8 Å². The van der Waals surface area contributed by atoms with Crippen molar-refractivity contribution in [2.24, 2.45) is 11.3 Å². The number of nitrogens with zero attached hydrogens (tertiary/aromatic N) is 1. The van der Waals surface area contributed by atoms with Gasteiger partial charge in [0, 0.05) is 18.2 Å². The second kappa shape index (κ2) is 6.30. The van der Waals surface area contributed by atoms with E-state index in [1.54, 1.807) is 0 Å². The Hall–Kier alpha value is -0.500. The molecule has 0 N–H and O–H groups in total. The van der Waals surface area contributed by atoms with Crippen LogP contribution in [-0.4, -0.2) is 10.9 Å². The van der Waals surface area contributed by atoms with Crippen molar-refractivity contribution in [3.8, 4) is 0 Å². The summed E-state index contributed by atoms with van der Waals surface area (Å²) < 4.78 is 5.88. The van der Waals surface area contributed by atoms with Gasteiger partial charge in [-0.2, -0.15) is 0 Å². The van der Waals surface area contributed by atoms with E-state index in [2.05, 4.69) is 25.8 Å². The van der Waals surface area contributed by atoms with Crippen LogP contribution >= 0.6 is 11.6 Å². The maximum atomic E-state index is 5.88. The summed E-state index contributed by atoms with van der Waals surface area (Å²) >= 11 is 5.70. The molecule has 3 heteroatoms. The van der Waals surface area contributed by atoms with Crippen LogP contribution in [0.3, 0.4) is 0 Å². The highest BCUT2D eigenvalue weighted by Crippen LogP contribution is 2.43. The Labute approximate surface area is 121 Å². The summed E-state index contributed by atoms with van der Waals surface area (Å²) in [6, 6.07) is 0. The molecule has 2 nitrogen and oxygen atoms in total. The smallest absolute Gasteiger partial charge is 0.194 e. The number of aryl methyl sites for hydroxylation is 1. The number of oxazole rings is 1. The van der Waals surface area contributed by atoms with E-state index in [4.69, 9.17) is 16.0 Å². The quantitative estimate of drug-likeness (QED) is 0.713. The van der Waals surface area contributed by atoms with E-state index in [9.17, 15) is 0 Å². The molecule has 1 saturated carbocycles. The van der Waals surface area contributed by atoms with Crippen LogP contribution in [-0.2, 0) is 6.42 Å². The first-order valence-corrected chi connectivity index (χ1v) is 8.04. The molecule has 0 amide bonds. The zero-order valence-corrected chi connectivity index (χ0v) is 13.2. The van der Waals surface area contributed by atoms with Crippen LogP contribution < -0.4 is 0 Å². The van der Waals surface area contributed by atoms with Gasteiger partial charge in [-0.3, -0.25) is 0 Å². The van der Waals surface area contributed by atoms with Crippen molar-refractivity contribution in [3.05, 3.63) is 17.8 Å². The first kappa shape index (κ1) is 14.9. The summed E-state index contributed by atoms with van der Waals surface area (Å²) in [7, 11) is 0. The minimum Gasteiger partial charge on any atom is -0.445 e. The molecule has 1 aliphatic rings. The largest absolute Gasteiger partial charge is 0.445 e. The zero-order valence-electron chi connectivity index (χ0n) is 12.4. The highest BCUT2D eigenvalue weighted by atomic mass is 35.5. The van der Waals surface area contributed by atoms with Crippen molar-refractivity contribution in [3.63, 3.8) is 0 Å². The van der Waals surface area contributed by atoms with Gasteiger partial charge in [0.05, 0.1) is 6.20 Å². The lowest BCUT2D eigenvalue weighted by Crippen LogP contribution is -2.25. The summed E-state index contributed by atoms with van der Waals surface area (Å²) in [6.07, 6.45) is 8.85. The van der Waals surface area contributed by atoms with Crippen LogP contribution in [0.1, 0.15) is 70.4 Å². The lowest BCUT2D eigenvalue weighted by atomic mass is 9.69. The molecule has 0 aliphatic heterocycles. The van der Waals surface area contributed by atoms with E-state index in [1.165, 1.54) is 25.7 Å². The second-order valence-electron chi connectivity index (χ2n) is 6.86. The third kappa shape index (κ3) is 3.98. The molecule has 0 atom stereocenters. The molecule has 0 unspecified atom stereocenters. The Morgan fingerprint density at radius 3 is 2.53 bits per heavy atom. The molecule has 1 aromatic heterocycles. The predicted octanol–water partition coefficient (Wildman–Crippen LogP) is 5.17. The molecule has 1 heterocycles. The molecule has 1 aromatic rings. The van der Waals surface area contributed by atoms with Gasteiger partial charge in [0.25, 0.3) is 0 Å². The van der Waals surface area contributed by atoms with Crippen molar-refractivity contribution in [2.75, 3.05) is 5.88 Å². The maximum Gasteiger partial charge on any atom is 0.194 e. The van der Waals surface area contributed by atoms with Gasteiger partial charge in [-0.05, 0) is 43.4 Å². The molecule has 0 radical (unpaired) electrons. The van der Waals surface area contributed by atoms with Gasteiger partial charge in [-0.15, -0.1) is 11.6 Å². The maximum absolute atomic E-state index is 5.88. The van der Waals surface area contributed by atoms with Crippen molar-refractivity contribution < 1.29 is 4.42 Å². The Balaban J connectivity index is 1.89. The third-order valence-electron chi connectivity index (χ3n) is 4.45. The van der Waals surface area contributed by atoms with Crippen molar-refractivity contribution in [1.29, 1.82) is 0 Å². The standard InChI is InChI=1S/C16H26ClNO/c1-16(2,3)13-8-6-12(7-9-13)14-11-18-15(19-14)5-4-10-17/h11-13H,4-10H2,1-3H3. The molecule has 0 spiro atoms. The third-order valence-corrected chi connectivity index (χ3v) is 4.72. The number of hydrogen-bond acceptors (Lipinski definition) is 2. The van der Waals surface area contributed by atoms with Gasteiger partial charge in [0.1, 0.15) is 5.76 Å². The van der Waals surface area contributed by atoms with Crippen LogP contribution in [0.5, 0.6) is 0 Å². The molecule has 0 saturated heterocycles. The fourth-order valence-corrected chi connectivity index (χ4v) is 3.22. The van der Waals surface area contributed by atoms with E-state index >= 15 is 0 Å². The minimum absolute atomic E-state index is 0.442. The Bertz CT molecular complexity index is 386. The van der Waals surface area contributed by atoms with Gasteiger partial charge in [-0.25, -0.2) is 4.98 Å². The summed E-state index contributed by atoms with van der Waals surface area (Å²) in [5, 5.41) is 0. The van der Waals surface area contributed by atoms with E-state index in [0.717, 1.165) is 30.4 Å². The molecule has 108 valence electrons. The summed E-state index contributed by atoms with van der Waals surface area (Å²) in [5.74, 6) is 4.05. The molecule has 1 aliphatic carbocycles. The first-order valence-electron chi connectivity index (χ1n) is 7.51. The highest BCUT2D eigenvalue weighted by Gasteiger charge is 2.31. The molecule has 19 heavy (non-hydrogen) atoms. The molecule has 0 aromatic carbocycles. The van der Waals surface area contributed by atoms with Crippen LogP contribution in [0.25, 0.3) is 0 Å². The summed E-state index contributed by atoms with van der Waals surface area (Å²) in [4.78, 5) is 4.37. The Morgan fingerprint density at radius 2 is 1.95 bits per heavy atom. The predicted molar refractivity (Wildman–Crippen MR) is 79.7 cm³/mol. The average molecular weight is 284 g/mol. The normalized spacial score (nSPS) is 24.6. The van der Waals surface area contributed by atoms with Gasteiger partial charge >= 0.3 is 0 Å². The van der Waals surface area contributed by atoms with Crippen molar-refractivity contribution >= 4 is 11.6 Å². The second-order valence-corrected chi connectivity index (χ2v) is 7.24. The van der Waals surface area contributed by atoms with Crippen LogP contribution in [0, 0.1) is 11.3 Å². The fraction of sp³-hybridized carbons (Fsp3) is 0.812. The van der Waals surface area contributed by atoms with Crippen LogP contribution in [0.4, 0.5) is 0 Å². The van der Waals surface area contributed by atoms with E-state index in [-0.39, 0.29) is 0 Å². The molecular weight excluding hydrogens is 258 g/mol. The number of rotatable bonds is 4. The van der Waals surface area contributed by atoms with E-state index in [1.807, 2.05) is 6.20 Å². The number of alkyl halides is 1. The van der Waals surface area contributed by atoms with Gasteiger partial charge in [0.2, 0.25) is 0 Å². The van der Waals surface area contributed by atoms with Crippen molar-refractivity contribution in [1.82, 2.24) is 4.98 Å². The van der Waals surface area contributed by atoms with E-state index < -0.39 is 0 Å². The summed E-state index contributed by atoms with van der Waals surface area (Å²) in [6.45, 7) is 7.07. The van der Waals surface area contributed by atoms with Crippen LogP contribution in [0.15, 0.2) is 10.6 Å². The highest BCUT2D eigenvalue weighted by molar-refractivity contribution is 6.17. The topological polar surface area (TPSA) is 26.0 Å². The molecule has 0 bridgehead atoms. The zero-order chi connectivity index (χ0) is 13.9. The van der Waals surface area contributed by atoms with E-state index in [0.29, 0.717) is 17.2 Å². The summed E-state index contributed by atoms with van der Waals surface area (Å²) in [5.41, 5.74) is 0.442. The average Bonchev–Trinajstić information content (AvgIpc) is 2.84. The van der Waals surface area contributed by atoms with Crippen molar-refractivity contribution in [2.45, 2.75) is 65.2 Å². The Kier molecular flexibility index (Phi) is 4.94. The number of aromatic nitrogens is 1. The lowest BCUT2D eigenvalue weighted by Gasteiger charge is -2.36. The monoisotopic (exact) mass is 283 g/mol. The fourth-order valence-electron chi connectivity index (χ4n) is 3.09. The lowest BCUT2D eigenvalue weighted by molar-refractivity contribution is 0.163. The van der Waals surface area contributed by atoms with Gasteiger partial charge in [0.15, 0.2) is 5.89 Å². The minimum atomic E-state index is 0.442. The molecule has 2 rings (SSSR count). The van der Waals surface area contributed by atoms with Gasteiger partial charge < -0.3 is 4.42 Å². The van der Waals surface area contributed by atoms with Crippen LogP contribution in [0.2, 0.25) is 0 Å².